The van der Waals surface area contributed by atoms with Crippen LogP contribution in [0.2, 0.25) is 0 Å². The number of nitrogens with one attached hydrogen (secondary N) is 1. The minimum atomic E-state index is -0.520. The van der Waals surface area contributed by atoms with Crippen molar-refractivity contribution in [1.82, 2.24) is 0 Å². The quantitative estimate of drug-likeness (QED) is 0.853. The normalized spacial score (nSPS) is 12.6. The fraction of sp³-hybridized carbons (Fsp3) is 0.429. The van der Waals surface area contributed by atoms with Gasteiger partial charge in [0.2, 0.25) is 5.91 Å². The Hall–Kier alpha value is -1.86. The van der Waals surface area contributed by atoms with E-state index >= 15 is 0 Å². The SMILES string of the molecule is CC(N)CC(=O)Nc1ccc(C(C)(C)C#N)cc1. The fourth-order valence-electron chi connectivity index (χ4n) is 1.54. The van der Waals surface area contributed by atoms with Crippen LogP contribution in [0.1, 0.15) is 32.8 Å². The Morgan fingerprint density at radius 1 is 1.44 bits per heavy atom. The summed E-state index contributed by atoms with van der Waals surface area (Å²) < 4.78 is 0. The molecule has 0 fully saturated rings. The molecule has 0 spiro atoms. The lowest BCUT2D eigenvalue weighted by atomic mass is 9.86. The molecule has 0 aliphatic rings. The van der Waals surface area contributed by atoms with Crippen LogP contribution in [0, 0.1) is 11.3 Å². The van der Waals surface area contributed by atoms with Crippen LogP contribution in [0.5, 0.6) is 0 Å². The van der Waals surface area contributed by atoms with Gasteiger partial charge in [-0.25, -0.2) is 0 Å². The van der Waals surface area contributed by atoms with E-state index in [9.17, 15) is 4.79 Å². The molecule has 96 valence electrons. The van der Waals surface area contributed by atoms with Crippen molar-refractivity contribution >= 4 is 11.6 Å². The van der Waals surface area contributed by atoms with Crippen molar-refractivity contribution in [3.8, 4) is 6.07 Å². The highest BCUT2D eigenvalue weighted by atomic mass is 16.1. The van der Waals surface area contributed by atoms with Crippen molar-refractivity contribution in [2.24, 2.45) is 5.73 Å². The van der Waals surface area contributed by atoms with Crippen LogP contribution in [0.3, 0.4) is 0 Å². The largest absolute Gasteiger partial charge is 0.327 e. The second-order valence-corrected chi connectivity index (χ2v) is 5.04. The molecular formula is C14H19N3O. The van der Waals surface area contributed by atoms with Gasteiger partial charge >= 0.3 is 0 Å². The number of nitrogens with two attached hydrogens (primary N) is 1. The van der Waals surface area contributed by atoms with Crippen molar-refractivity contribution < 1.29 is 4.79 Å². The molecule has 0 aliphatic heterocycles. The monoisotopic (exact) mass is 245 g/mol. The van der Waals surface area contributed by atoms with Crippen molar-refractivity contribution in [3.63, 3.8) is 0 Å². The summed E-state index contributed by atoms with van der Waals surface area (Å²) in [6.07, 6.45) is 0.297. The number of nitrogens with zero attached hydrogens (tertiary/aromatic N) is 1. The van der Waals surface area contributed by atoms with E-state index in [4.69, 9.17) is 11.0 Å². The van der Waals surface area contributed by atoms with Crippen LogP contribution in [-0.4, -0.2) is 11.9 Å². The zero-order valence-electron chi connectivity index (χ0n) is 11.0. The van der Waals surface area contributed by atoms with Gasteiger partial charge in [-0.2, -0.15) is 5.26 Å². The maximum absolute atomic E-state index is 11.5. The molecule has 0 aliphatic carbocycles. The Kier molecular flexibility index (Phi) is 4.46. The lowest BCUT2D eigenvalue weighted by Gasteiger charge is -2.16. The molecule has 0 aromatic heterocycles. The average molecular weight is 245 g/mol. The van der Waals surface area contributed by atoms with Gasteiger partial charge in [0.05, 0.1) is 11.5 Å². The standard InChI is InChI=1S/C14H19N3O/c1-10(16)8-13(18)17-12-6-4-11(5-7-12)14(2,3)9-15/h4-7,10H,8,16H2,1-3H3,(H,17,18). The lowest BCUT2D eigenvalue weighted by molar-refractivity contribution is -0.116. The zero-order valence-corrected chi connectivity index (χ0v) is 11.0. The van der Waals surface area contributed by atoms with Gasteiger partial charge in [0.1, 0.15) is 0 Å². The summed E-state index contributed by atoms with van der Waals surface area (Å²) >= 11 is 0. The first kappa shape index (κ1) is 14.2. The maximum atomic E-state index is 11.5. The highest BCUT2D eigenvalue weighted by molar-refractivity contribution is 5.91. The summed E-state index contributed by atoms with van der Waals surface area (Å²) in [5, 5.41) is 11.8. The summed E-state index contributed by atoms with van der Waals surface area (Å²) in [5.74, 6) is -0.0997. The highest BCUT2D eigenvalue weighted by Crippen LogP contribution is 2.23. The van der Waals surface area contributed by atoms with E-state index in [0.717, 1.165) is 11.3 Å². The molecule has 3 N–H and O–H groups in total. The molecule has 1 amide bonds. The summed E-state index contributed by atoms with van der Waals surface area (Å²) in [6, 6.07) is 9.39. The van der Waals surface area contributed by atoms with E-state index in [1.807, 2.05) is 26.0 Å². The third-order valence-corrected chi connectivity index (χ3v) is 2.68. The Morgan fingerprint density at radius 3 is 2.44 bits per heavy atom. The van der Waals surface area contributed by atoms with Gasteiger partial charge < -0.3 is 11.1 Å². The molecule has 1 aromatic rings. The minimum Gasteiger partial charge on any atom is -0.327 e. The molecular weight excluding hydrogens is 226 g/mol. The Morgan fingerprint density at radius 2 is 2.00 bits per heavy atom. The first-order valence-corrected chi connectivity index (χ1v) is 5.92. The lowest BCUT2D eigenvalue weighted by Crippen LogP contribution is -2.24. The number of nitriles is 1. The Bertz CT molecular complexity index is 455. The molecule has 1 atom stereocenters. The number of carbonyl (C=O) groups excluding carboxylic acids is 1. The van der Waals surface area contributed by atoms with Gasteiger partial charge in [0.15, 0.2) is 0 Å². The molecule has 0 saturated heterocycles. The van der Waals surface area contributed by atoms with Crippen LogP contribution in [0.4, 0.5) is 5.69 Å². The second-order valence-electron chi connectivity index (χ2n) is 5.04. The van der Waals surface area contributed by atoms with E-state index in [1.54, 1.807) is 19.1 Å². The molecule has 0 saturated carbocycles. The molecule has 0 heterocycles. The molecule has 1 unspecified atom stereocenters. The van der Waals surface area contributed by atoms with Crippen molar-refractivity contribution in [2.75, 3.05) is 5.32 Å². The summed E-state index contributed by atoms with van der Waals surface area (Å²) in [5.41, 5.74) is 6.68. The fourth-order valence-corrected chi connectivity index (χ4v) is 1.54. The second kappa shape index (κ2) is 5.65. The predicted octanol–water partition coefficient (Wildman–Crippen LogP) is 2.16. The first-order valence-electron chi connectivity index (χ1n) is 5.92. The minimum absolute atomic E-state index is 0.0997. The van der Waals surface area contributed by atoms with Gasteiger partial charge in [0, 0.05) is 18.2 Å². The van der Waals surface area contributed by atoms with Crippen LogP contribution in [0.15, 0.2) is 24.3 Å². The smallest absolute Gasteiger partial charge is 0.225 e. The topological polar surface area (TPSA) is 78.9 Å². The third-order valence-electron chi connectivity index (χ3n) is 2.68. The van der Waals surface area contributed by atoms with Crippen molar-refractivity contribution in [2.45, 2.75) is 38.6 Å². The summed E-state index contributed by atoms with van der Waals surface area (Å²) in [6.45, 7) is 5.51. The number of amides is 1. The molecule has 4 nitrogen and oxygen atoms in total. The number of benzene rings is 1. The number of hydrogen-bond donors (Lipinski definition) is 2. The van der Waals surface area contributed by atoms with E-state index in [1.165, 1.54) is 0 Å². The Balaban J connectivity index is 2.73. The molecule has 1 rings (SSSR count). The van der Waals surface area contributed by atoms with E-state index in [-0.39, 0.29) is 11.9 Å². The van der Waals surface area contributed by atoms with Gasteiger partial charge in [-0.05, 0) is 38.5 Å². The number of carbonyl (C=O) groups is 1. The molecule has 0 radical (unpaired) electrons. The highest BCUT2D eigenvalue weighted by Gasteiger charge is 2.19. The number of hydrogen-bond acceptors (Lipinski definition) is 3. The van der Waals surface area contributed by atoms with E-state index < -0.39 is 5.41 Å². The summed E-state index contributed by atoms with van der Waals surface area (Å²) in [4.78, 5) is 11.5. The van der Waals surface area contributed by atoms with Gasteiger partial charge in [-0.1, -0.05) is 12.1 Å². The number of rotatable bonds is 4. The molecule has 1 aromatic carbocycles. The maximum Gasteiger partial charge on any atom is 0.225 e. The molecule has 18 heavy (non-hydrogen) atoms. The average Bonchev–Trinajstić information content (AvgIpc) is 2.28. The Labute approximate surface area is 108 Å². The first-order chi connectivity index (χ1) is 8.35. The van der Waals surface area contributed by atoms with Crippen LogP contribution >= 0.6 is 0 Å². The summed E-state index contributed by atoms with van der Waals surface area (Å²) in [7, 11) is 0. The van der Waals surface area contributed by atoms with Crippen LogP contribution < -0.4 is 11.1 Å². The van der Waals surface area contributed by atoms with E-state index in [2.05, 4.69) is 11.4 Å². The van der Waals surface area contributed by atoms with Gasteiger partial charge in [-0.3, -0.25) is 4.79 Å². The van der Waals surface area contributed by atoms with Crippen molar-refractivity contribution in [3.05, 3.63) is 29.8 Å². The molecule has 4 heteroatoms. The van der Waals surface area contributed by atoms with Crippen molar-refractivity contribution in [1.29, 1.82) is 5.26 Å². The van der Waals surface area contributed by atoms with E-state index in [0.29, 0.717) is 6.42 Å². The zero-order chi connectivity index (χ0) is 13.8. The van der Waals surface area contributed by atoms with Gasteiger partial charge in [-0.15, -0.1) is 0 Å². The predicted molar refractivity (Wildman–Crippen MR) is 72.0 cm³/mol. The van der Waals surface area contributed by atoms with Crippen LogP contribution in [-0.2, 0) is 10.2 Å². The van der Waals surface area contributed by atoms with Gasteiger partial charge in [0.25, 0.3) is 0 Å². The van der Waals surface area contributed by atoms with Crippen LogP contribution in [0.25, 0.3) is 0 Å². The third kappa shape index (κ3) is 3.86. The number of anilines is 1. The molecule has 0 bridgehead atoms.